The molecule has 0 atom stereocenters. The summed E-state index contributed by atoms with van der Waals surface area (Å²) in [6.07, 6.45) is -5.34. The number of ether oxygens (including phenoxy) is 1. The summed E-state index contributed by atoms with van der Waals surface area (Å²) in [6, 6.07) is 1.34. The van der Waals surface area contributed by atoms with Gasteiger partial charge in [-0.1, -0.05) is 0 Å². The lowest BCUT2D eigenvalue weighted by Gasteiger charge is -2.24. The van der Waals surface area contributed by atoms with Crippen molar-refractivity contribution in [3.05, 3.63) is 35.7 Å². The molecule has 0 aromatic heterocycles. The van der Waals surface area contributed by atoms with Crippen LogP contribution < -0.4 is 4.74 Å². The summed E-state index contributed by atoms with van der Waals surface area (Å²) in [7, 11) is 0. The van der Waals surface area contributed by atoms with Gasteiger partial charge in [0.05, 0.1) is 17.2 Å². The molecular formula is C14H13F6O. The quantitative estimate of drug-likeness (QED) is 0.678. The lowest BCUT2D eigenvalue weighted by molar-refractivity contribution is -0.143. The zero-order valence-electron chi connectivity index (χ0n) is 10.9. The van der Waals surface area contributed by atoms with Crippen LogP contribution in [-0.2, 0) is 12.4 Å². The summed E-state index contributed by atoms with van der Waals surface area (Å²) in [4.78, 5) is 0. The van der Waals surface area contributed by atoms with Gasteiger partial charge in [-0.05, 0) is 50.3 Å². The van der Waals surface area contributed by atoms with E-state index in [4.69, 9.17) is 4.74 Å². The summed E-state index contributed by atoms with van der Waals surface area (Å²) in [5.74, 6) is -0.385. The van der Waals surface area contributed by atoms with Gasteiger partial charge in [-0.2, -0.15) is 26.3 Å². The highest BCUT2D eigenvalue weighted by Gasteiger charge is 2.37. The van der Waals surface area contributed by atoms with Crippen LogP contribution >= 0.6 is 0 Å². The van der Waals surface area contributed by atoms with E-state index in [-0.39, 0.29) is 17.9 Å². The van der Waals surface area contributed by atoms with Crippen molar-refractivity contribution in [2.75, 3.05) is 0 Å². The van der Waals surface area contributed by atoms with Gasteiger partial charge in [-0.3, -0.25) is 0 Å². The third-order valence-corrected chi connectivity index (χ3v) is 3.25. The molecule has 0 N–H and O–H groups in total. The van der Waals surface area contributed by atoms with Gasteiger partial charge in [0.25, 0.3) is 0 Å². The molecule has 1 aliphatic carbocycles. The second kappa shape index (κ2) is 5.77. The fourth-order valence-electron chi connectivity index (χ4n) is 2.20. The summed E-state index contributed by atoms with van der Waals surface area (Å²) in [5, 5.41) is 0. The van der Waals surface area contributed by atoms with Crippen LogP contribution in [0, 0.1) is 6.42 Å². The Balaban J connectivity index is 2.31. The minimum Gasteiger partial charge on any atom is -0.490 e. The normalized spacial score (nSPS) is 17.8. The monoisotopic (exact) mass is 311 g/mol. The van der Waals surface area contributed by atoms with Crippen molar-refractivity contribution in [1.29, 1.82) is 0 Å². The molecule has 117 valence electrons. The topological polar surface area (TPSA) is 9.23 Å². The van der Waals surface area contributed by atoms with Crippen LogP contribution in [0.25, 0.3) is 0 Å². The van der Waals surface area contributed by atoms with E-state index in [1.165, 1.54) is 0 Å². The van der Waals surface area contributed by atoms with Crippen LogP contribution in [0.2, 0.25) is 0 Å². The first kappa shape index (κ1) is 16.0. The Kier molecular flexibility index (Phi) is 4.39. The highest BCUT2D eigenvalue weighted by atomic mass is 19.4. The van der Waals surface area contributed by atoms with E-state index in [1.807, 2.05) is 6.42 Å². The van der Waals surface area contributed by atoms with Gasteiger partial charge < -0.3 is 4.74 Å². The molecule has 1 aromatic rings. The summed E-state index contributed by atoms with van der Waals surface area (Å²) >= 11 is 0. The average Bonchev–Trinajstić information content (AvgIpc) is 2.37. The Labute approximate surface area is 117 Å². The molecule has 1 aliphatic rings. The molecule has 0 heterocycles. The van der Waals surface area contributed by atoms with Gasteiger partial charge >= 0.3 is 12.4 Å². The van der Waals surface area contributed by atoms with E-state index in [0.29, 0.717) is 25.0 Å². The number of alkyl halides is 6. The van der Waals surface area contributed by atoms with Crippen LogP contribution in [0.5, 0.6) is 5.75 Å². The largest absolute Gasteiger partial charge is 0.490 e. The molecule has 1 aromatic carbocycles. The number of rotatable bonds is 2. The summed E-state index contributed by atoms with van der Waals surface area (Å²) in [5.41, 5.74) is -2.70. The minimum absolute atomic E-state index is 0.0987. The lowest BCUT2D eigenvalue weighted by Crippen LogP contribution is -2.20. The molecule has 0 saturated heterocycles. The Bertz CT molecular complexity index is 453. The number of hydrogen-bond acceptors (Lipinski definition) is 1. The van der Waals surface area contributed by atoms with Crippen molar-refractivity contribution < 1.29 is 31.1 Å². The third kappa shape index (κ3) is 4.28. The third-order valence-electron chi connectivity index (χ3n) is 3.25. The fourth-order valence-corrected chi connectivity index (χ4v) is 2.20. The lowest BCUT2D eigenvalue weighted by atomic mass is 9.97. The Morgan fingerprint density at radius 1 is 0.810 bits per heavy atom. The maximum Gasteiger partial charge on any atom is 0.416 e. The molecule has 1 saturated carbocycles. The van der Waals surface area contributed by atoms with Gasteiger partial charge in [0.15, 0.2) is 0 Å². The molecular weight excluding hydrogens is 298 g/mol. The molecule has 2 rings (SSSR count). The van der Waals surface area contributed by atoms with E-state index < -0.39 is 23.5 Å². The Hall–Kier alpha value is -1.40. The van der Waals surface area contributed by atoms with Crippen molar-refractivity contribution in [2.24, 2.45) is 0 Å². The summed E-state index contributed by atoms with van der Waals surface area (Å²) < 4.78 is 81.4. The first-order chi connectivity index (χ1) is 9.66. The average molecular weight is 311 g/mol. The molecule has 0 bridgehead atoms. The van der Waals surface area contributed by atoms with Crippen LogP contribution in [0.15, 0.2) is 18.2 Å². The Morgan fingerprint density at radius 3 is 1.71 bits per heavy atom. The number of halogens is 6. The van der Waals surface area contributed by atoms with E-state index in [9.17, 15) is 26.3 Å². The predicted molar refractivity (Wildman–Crippen MR) is 63.6 cm³/mol. The molecule has 1 nitrogen and oxygen atoms in total. The standard InChI is InChI=1S/C14H13F6O/c15-13(16,17)9-6-10(14(18,19)20)8-12(7-9)21-11-4-2-1-3-5-11/h1,6-8,11H,2-5H2. The molecule has 0 spiro atoms. The zero-order chi connectivity index (χ0) is 15.7. The minimum atomic E-state index is -4.85. The van der Waals surface area contributed by atoms with Crippen LogP contribution in [0.1, 0.15) is 36.8 Å². The molecule has 1 fully saturated rings. The van der Waals surface area contributed by atoms with E-state index in [1.54, 1.807) is 0 Å². The second-order valence-electron chi connectivity index (χ2n) is 4.92. The van der Waals surface area contributed by atoms with Crippen LogP contribution in [0.4, 0.5) is 26.3 Å². The van der Waals surface area contributed by atoms with Gasteiger partial charge in [-0.15, -0.1) is 0 Å². The van der Waals surface area contributed by atoms with Crippen molar-refractivity contribution in [3.63, 3.8) is 0 Å². The first-order valence-corrected chi connectivity index (χ1v) is 6.44. The van der Waals surface area contributed by atoms with Gasteiger partial charge in [0.2, 0.25) is 0 Å². The second-order valence-corrected chi connectivity index (χ2v) is 4.92. The van der Waals surface area contributed by atoms with E-state index in [2.05, 4.69) is 0 Å². The molecule has 7 heteroatoms. The van der Waals surface area contributed by atoms with Gasteiger partial charge in [0, 0.05) is 0 Å². The predicted octanol–water partition coefficient (Wildman–Crippen LogP) is 5.25. The van der Waals surface area contributed by atoms with Crippen molar-refractivity contribution in [3.8, 4) is 5.75 Å². The van der Waals surface area contributed by atoms with Crippen molar-refractivity contribution in [1.82, 2.24) is 0 Å². The van der Waals surface area contributed by atoms with Gasteiger partial charge in [0.1, 0.15) is 5.75 Å². The SMILES string of the molecule is FC(F)(F)c1cc(OC2CC[CH]CC2)cc(C(F)(F)F)c1. The molecule has 0 aliphatic heterocycles. The van der Waals surface area contributed by atoms with E-state index >= 15 is 0 Å². The molecule has 0 unspecified atom stereocenters. The maximum absolute atomic E-state index is 12.7. The Morgan fingerprint density at radius 2 is 1.29 bits per heavy atom. The molecule has 1 radical (unpaired) electrons. The molecule has 0 amide bonds. The van der Waals surface area contributed by atoms with Crippen LogP contribution in [-0.4, -0.2) is 6.10 Å². The fraction of sp³-hybridized carbons (Fsp3) is 0.500. The zero-order valence-corrected chi connectivity index (χ0v) is 10.9. The van der Waals surface area contributed by atoms with Crippen molar-refractivity contribution >= 4 is 0 Å². The maximum atomic E-state index is 12.7. The van der Waals surface area contributed by atoms with E-state index in [0.717, 1.165) is 12.8 Å². The molecule has 21 heavy (non-hydrogen) atoms. The first-order valence-electron chi connectivity index (χ1n) is 6.44. The number of hydrogen-bond donors (Lipinski definition) is 0. The smallest absolute Gasteiger partial charge is 0.416 e. The van der Waals surface area contributed by atoms with Crippen molar-refractivity contribution in [2.45, 2.75) is 44.1 Å². The van der Waals surface area contributed by atoms with Crippen LogP contribution in [0.3, 0.4) is 0 Å². The number of benzene rings is 1. The highest BCUT2D eigenvalue weighted by molar-refractivity contribution is 5.37. The van der Waals surface area contributed by atoms with Gasteiger partial charge in [-0.25, -0.2) is 0 Å². The summed E-state index contributed by atoms with van der Waals surface area (Å²) in [6.45, 7) is 0. The highest BCUT2D eigenvalue weighted by Crippen LogP contribution is 2.38.